The average Bonchev–Trinajstić information content (AvgIpc) is 2.88. The van der Waals surface area contributed by atoms with Crippen molar-refractivity contribution in [2.75, 3.05) is 0 Å². The van der Waals surface area contributed by atoms with Crippen LogP contribution in [0.4, 0.5) is 0 Å². The maximum atomic E-state index is 8.85. The van der Waals surface area contributed by atoms with Crippen molar-refractivity contribution in [1.82, 2.24) is 4.98 Å². The molecule has 0 aliphatic carbocycles. The predicted octanol–water partition coefficient (Wildman–Crippen LogP) is 3.99. The van der Waals surface area contributed by atoms with Crippen molar-refractivity contribution in [3.8, 4) is 6.07 Å². The Balaban J connectivity index is 1.76. The molecule has 19 heavy (non-hydrogen) atoms. The predicted molar refractivity (Wildman–Crippen MR) is 74.7 cm³/mol. The Kier molecular flexibility index (Phi) is 3.21. The number of hydrogen-bond donors (Lipinski definition) is 0. The molecular weight excluding hydrogens is 256 g/mol. The van der Waals surface area contributed by atoms with Gasteiger partial charge >= 0.3 is 0 Å². The van der Waals surface area contributed by atoms with Gasteiger partial charge in [0.2, 0.25) is 0 Å². The van der Waals surface area contributed by atoms with Crippen LogP contribution in [0.25, 0.3) is 11.1 Å². The molecule has 2 aromatic carbocycles. The third-order valence-corrected chi connectivity index (χ3v) is 3.59. The molecule has 3 aromatic rings. The summed E-state index contributed by atoms with van der Waals surface area (Å²) in [5, 5.41) is 9.51. The number of aromatic nitrogens is 1. The van der Waals surface area contributed by atoms with Crippen molar-refractivity contribution in [2.45, 2.75) is 11.0 Å². The summed E-state index contributed by atoms with van der Waals surface area (Å²) < 4.78 is 5.63. The van der Waals surface area contributed by atoms with E-state index in [2.05, 4.69) is 11.1 Å². The van der Waals surface area contributed by atoms with Crippen LogP contribution >= 0.6 is 11.8 Å². The Morgan fingerprint density at radius 3 is 2.89 bits per heavy atom. The molecule has 0 atom stereocenters. The van der Waals surface area contributed by atoms with E-state index in [1.165, 1.54) is 11.8 Å². The molecule has 4 heteroatoms. The van der Waals surface area contributed by atoms with E-state index in [1.807, 2.05) is 42.5 Å². The van der Waals surface area contributed by atoms with Crippen LogP contribution in [0, 0.1) is 11.3 Å². The lowest BCUT2D eigenvalue weighted by atomic mass is 10.2. The van der Waals surface area contributed by atoms with Gasteiger partial charge in [-0.05, 0) is 29.8 Å². The first-order valence-corrected chi connectivity index (χ1v) is 6.81. The second kappa shape index (κ2) is 5.17. The lowest BCUT2D eigenvalue weighted by Gasteiger charge is -1.98. The minimum absolute atomic E-state index is 0.656. The molecular formula is C15H10N2OS. The molecule has 92 valence electrons. The van der Waals surface area contributed by atoms with Gasteiger partial charge in [-0.2, -0.15) is 5.26 Å². The van der Waals surface area contributed by atoms with E-state index in [0.29, 0.717) is 10.8 Å². The molecule has 0 fully saturated rings. The number of benzene rings is 2. The van der Waals surface area contributed by atoms with Crippen molar-refractivity contribution in [3.63, 3.8) is 0 Å². The van der Waals surface area contributed by atoms with E-state index in [-0.39, 0.29) is 0 Å². The van der Waals surface area contributed by atoms with Crippen LogP contribution < -0.4 is 0 Å². The fourth-order valence-electron chi connectivity index (χ4n) is 1.79. The number of para-hydroxylation sites is 2. The van der Waals surface area contributed by atoms with Gasteiger partial charge in [0.1, 0.15) is 5.52 Å². The average molecular weight is 266 g/mol. The zero-order valence-electron chi connectivity index (χ0n) is 10.0. The first-order valence-electron chi connectivity index (χ1n) is 5.82. The molecule has 1 heterocycles. The van der Waals surface area contributed by atoms with E-state index >= 15 is 0 Å². The highest BCUT2D eigenvalue weighted by atomic mass is 32.2. The number of thioether (sulfide) groups is 1. The number of nitrogens with zero attached hydrogens (tertiary/aromatic N) is 2. The van der Waals surface area contributed by atoms with Gasteiger partial charge in [-0.3, -0.25) is 0 Å². The molecule has 3 nitrogen and oxygen atoms in total. The van der Waals surface area contributed by atoms with Gasteiger partial charge in [-0.15, -0.1) is 0 Å². The summed E-state index contributed by atoms with van der Waals surface area (Å²) in [7, 11) is 0. The quantitative estimate of drug-likeness (QED) is 0.672. The maximum Gasteiger partial charge on any atom is 0.257 e. The maximum absolute atomic E-state index is 8.85. The van der Waals surface area contributed by atoms with Crippen molar-refractivity contribution < 1.29 is 4.42 Å². The second-order valence-electron chi connectivity index (χ2n) is 4.05. The fourth-order valence-corrected chi connectivity index (χ4v) is 2.57. The largest absolute Gasteiger partial charge is 0.431 e. The van der Waals surface area contributed by atoms with E-state index in [1.54, 1.807) is 6.07 Å². The van der Waals surface area contributed by atoms with Gasteiger partial charge in [0, 0.05) is 5.75 Å². The Morgan fingerprint density at radius 2 is 2.05 bits per heavy atom. The van der Waals surface area contributed by atoms with Crippen molar-refractivity contribution in [1.29, 1.82) is 5.26 Å². The minimum atomic E-state index is 0.656. The summed E-state index contributed by atoms with van der Waals surface area (Å²) in [5.74, 6) is 0.738. The number of fused-ring (bicyclic) bond motifs is 1. The summed E-state index contributed by atoms with van der Waals surface area (Å²) in [4.78, 5) is 4.40. The molecule has 0 saturated heterocycles. The number of nitriles is 1. The van der Waals surface area contributed by atoms with Crippen LogP contribution in [0.3, 0.4) is 0 Å². The van der Waals surface area contributed by atoms with Crippen molar-refractivity contribution >= 4 is 22.9 Å². The third-order valence-electron chi connectivity index (χ3n) is 2.69. The van der Waals surface area contributed by atoms with Crippen molar-refractivity contribution in [3.05, 3.63) is 59.7 Å². The van der Waals surface area contributed by atoms with Crippen LogP contribution in [-0.2, 0) is 5.75 Å². The van der Waals surface area contributed by atoms with Crippen LogP contribution in [0.1, 0.15) is 11.1 Å². The molecule has 0 radical (unpaired) electrons. The van der Waals surface area contributed by atoms with E-state index in [9.17, 15) is 0 Å². The molecule has 0 bridgehead atoms. The Labute approximate surface area is 114 Å². The summed E-state index contributed by atoms with van der Waals surface area (Å²) in [5.41, 5.74) is 3.44. The third kappa shape index (κ3) is 2.61. The summed E-state index contributed by atoms with van der Waals surface area (Å²) in [6.45, 7) is 0. The Bertz CT molecular complexity index is 725. The van der Waals surface area contributed by atoms with Gasteiger partial charge in [0.25, 0.3) is 5.22 Å². The van der Waals surface area contributed by atoms with Gasteiger partial charge < -0.3 is 4.42 Å². The highest BCUT2D eigenvalue weighted by Crippen LogP contribution is 2.26. The van der Waals surface area contributed by atoms with Crippen LogP contribution in [0.2, 0.25) is 0 Å². The first-order chi connectivity index (χ1) is 9.35. The topological polar surface area (TPSA) is 49.8 Å². The lowest BCUT2D eigenvalue weighted by molar-refractivity contribution is 0.489. The molecule has 0 saturated carbocycles. The smallest absolute Gasteiger partial charge is 0.257 e. The molecule has 0 spiro atoms. The number of hydrogen-bond acceptors (Lipinski definition) is 4. The first kappa shape index (κ1) is 11.8. The van der Waals surface area contributed by atoms with Crippen molar-refractivity contribution in [2.24, 2.45) is 0 Å². The van der Waals surface area contributed by atoms with E-state index in [4.69, 9.17) is 9.68 Å². The molecule has 1 aromatic heterocycles. The minimum Gasteiger partial charge on any atom is -0.431 e. The molecule has 0 N–H and O–H groups in total. The summed E-state index contributed by atoms with van der Waals surface area (Å²) in [6.07, 6.45) is 0. The second-order valence-corrected chi connectivity index (χ2v) is 4.97. The highest BCUT2D eigenvalue weighted by molar-refractivity contribution is 7.98. The SMILES string of the molecule is N#Cc1cccc(CSc2nc3ccccc3o2)c1. The fraction of sp³-hybridized carbons (Fsp3) is 0.0667. The molecule has 3 rings (SSSR count). The normalized spacial score (nSPS) is 10.5. The molecule has 0 amide bonds. The van der Waals surface area contributed by atoms with Crippen LogP contribution in [0.5, 0.6) is 0 Å². The van der Waals surface area contributed by atoms with Crippen LogP contribution in [0.15, 0.2) is 58.2 Å². The Hall–Kier alpha value is -2.25. The van der Waals surface area contributed by atoms with Gasteiger partial charge in [0.05, 0.1) is 11.6 Å². The number of oxazole rings is 1. The standard InChI is InChI=1S/C15H10N2OS/c16-9-11-4-3-5-12(8-11)10-19-15-17-13-6-1-2-7-14(13)18-15/h1-8H,10H2. The zero-order valence-corrected chi connectivity index (χ0v) is 10.9. The van der Waals surface area contributed by atoms with Gasteiger partial charge in [0.15, 0.2) is 5.58 Å². The molecule has 0 aliphatic rings. The van der Waals surface area contributed by atoms with Gasteiger partial charge in [-0.25, -0.2) is 4.98 Å². The highest BCUT2D eigenvalue weighted by Gasteiger charge is 2.06. The Morgan fingerprint density at radius 1 is 1.16 bits per heavy atom. The van der Waals surface area contributed by atoms with E-state index in [0.717, 1.165) is 22.4 Å². The lowest BCUT2D eigenvalue weighted by Crippen LogP contribution is -1.82. The van der Waals surface area contributed by atoms with Crippen LogP contribution in [-0.4, -0.2) is 4.98 Å². The number of rotatable bonds is 3. The molecule has 0 aliphatic heterocycles. The van der Waals surface area contributed by atoms with Gasteiger partial charge in [-0.1, -0.05) is 36.0 Å². The monoisotopic (exact) mass is 266 g/mol. The summed E-state index contributed by atoms with van der Waals surface area (Å²) >= 11 is 1.53. The summed E-state index contributed by atoms with van der Waals surface area (Å²) in [6, 6.07) is 17.4. The zero-order chi connectivity index (χ0) is 13.1. The molecule has 0 unspecified atom stereocenters. The van der Waals surface area contributed by atoms with E-state index < -0.39 is 0 Å².